The fraction of sp³-hybridized carbons (Fsp3) is 0.182. The largest absolute Gasteiger partial charge is 0.353 e. The van der Waals surface area contributed by atoms with Gasteiger partial charge in [-0.3, -0.25) is 24.1 Å². The first kappa shape index (κ1) is 23.8. The van der Waals surface area contributed by atoms with Crippen molar-refractivity contribution in [3.8, 4) is 0 Å². The Hall–Kier alpha value is -2.81. The lowest BCUT2D eigenvalue weighted by Gasteiger charge is -2.13. The number of thioether (sulfide) groups is 1. The normalized spacial score (nSPS) is 14.7. The van der Waals surface area contributed by atoms with Gasteiger partial charge in [0.2, 0.25) is 5.91 Å². The average Bonchev–Trinajstić information content (AvgIpc) is 3.03. The molecule has 0 saturated carbocycles. The van der Waals surface area contributed by atoms with Crippen LogP contribution in [0.4, 0.5) is 4.79 Å². The fourth-order valence-corrected chi connectivity index (χ4v) is 4.14. The molecule has 0 atom stereocenters. The number of carbonyl (C=O) groups is 4. The van der Waals surface area contributed by atoms with Gasteiger partial charge in [-0.25, -0.2) is 0 Å². The number of carbonyl (C=O) groups excluding carboxylic acids is 4. The predicted octanol–water partition coefficient (Wildman–Crippen LogP) is 3.88. The number of benzene rings is 2. The number of nitrogens with zero attached hydrogens (tertiary/aromatic N) is 1. The van der Waals surface area contributed by atoms with E-state index >= 15 is 0 Å². The lowest BCUT2D eigenvalue weighted by Crippen LogP contribution is -2.41. The zero-order chi connectivity index (χ0) is 23.3. The van der Waals surface area contributed by atoms with Gasteiger partial charge in [0.05, 0.1) is 21.5 Å². The van der Waals surface area contributed by atoms with Crippen molar-refractivity contribution in [2.24, 2.45) is 0 Å². The number of aryl methyl sites for hydroxylation is 1. The van der Waals surface area contributed by atoms with Crippen molar-refractivity contribution in [1.82, 2.24) is 15.5 Å². The van der Waals surface area contributed by atoms with E-state index in [-0.39, 0.29) is 30.4 Å². The highest BCUT2D eigenvalue weighted by Crippen LogP contribution is 2.34. The number of amides is 4. The van der Waals surface area contributed by atoms with Gasteiger partial charge < -0.3 is 10.6 Å². The minimum absolute atomic E-state index is 0.00274. The number of rotatable bonds is 7. The summed E-state index contributed by atoms with van der Waals surface area (Å²) in [5.74, 6) is -1.26. The molecule has 4 amide bonds. The van der Waals surface area contributed by atoms with Crippen molar-refractivity contribution in [3.63, 3.8) is 0 Å². The van der Waals surface area contributed by atoms with Crippen LogP contribution in [0.5, 0.6) is 0 Å². The first-order chi connectivity index (χ1) is 15.3. The first-order valence-corrected chi connectivity index (χ1v) is 11.1. The molecule has 0 bridgehead atoms. The molecule has 1 heterocycles. The smallest absolute Gasteiger partial charge is 0.293 e. The summed E-state index contributed by atoms with van der Waals surface area (Å²) >= 11 is 12.9. The van der Waals surface area contributed by atoms with Crippen LogP contribution in [0.2, 0.25) is 10.0 Å². The second-order valence-electron chi connectivity index (χ2n) is 6.82. The Morgan fingerprint density at radius 2 is 1.81 bits per heavy atom. The molecule has 32 heavy (non-hydrogen) atoms. The number of hydrogen-bond donors (Lipinski definition) is 2. The van der Waals surface area contributed by atoms with E-state index in [2.05, 4.69) is 10.6 Å². The van der Waals surface area contributed by atoms with Gasteiger partial charge in [0, 0.05) is 18.7 Å². The Labute approximate surface area is 199 Å². The third-order valence-corrected chi connectivity index (χ3v) is 6.34. The van der Waals surface area contributed by atoms with E-state index in [1.807, 2.05) is 6.07 Å². The average molecular weight is 492 g/mol. The van der Waals surface area contributed by atoms with Crippen LogP contribution >= 0.6 is 35.0 Å². The van der Waals surface area contributed by atoms with Crippen molar-refractivity contribution in [2.75, 3.05) is 19.6 Å². The molecule has 7 nitrogen and oxygen atoms in total. The van der Waals surface area contributed by atoms with E-state index in [9.17, 15) is 19.2 Å². The summed E-state index contributed by atoms with van der Waals surface area (Å²) in [5, 5.41) is 5.32. The van der Waals surface area contributed by atoms with Crippen LogP contribution in [-0.4, -0.2) is 47.5 Å². The highest BCUT2D eigenvalue weighted by Gasteiger charge is 2.34. The molecule has 1 aliphatic heterocycles. The van der Waals surface area contributed by atoms with E-state index < -0.39 is 17.1 Å². The quantitative estimate of drug-likeness (QED) is 0.572. The van der Waals surface area contributed by atoms with Gasteiger partial charge in [0.15, 0.2) is 0 Å². The lowest BCUT2D eigenvalue weighted by atomic mass is 10.1. The highest BCUT2D eigenvalue weighted by atomic mass is 35.5. The minimum Gasteiger partial charge on any atom is -0.353 e. The van der Waals surface area contributed by atoms with Gasteiger partial charge in [0.25, 0.3) is 17.1 Å². The number of nitrogens with one attached hydrogen (secondary N) is 2. The molecule has 166 valence electrons. The topological polar surface area (TPSA) is 95.6 Å². The third-order valence-electron chi connectivity index (χ3n) is 4.60. The predicted molar refractivity (Wildman–Crippen MR) is 126 cm³/mol. The summed E-state index contributed by atoms with van der Waals surface area (Å²) < 4.78 is 0. The van der Waals surface area contributed by atoms with E-state index in [4.69, 9.17) is 23.2 Å². The Bertz CT molecular complexity index is 1120. The van der Waals surface area contributed by atoms with Crippen molar-refractivity contribution in [2.45, 2.75) is 6.92 Å². The molecule has 0 aromatic heterocycles. The summed E-state index contributed by atoms with van der Waals surface area (Å²) in [6.45, 7) is 1.65. The maximum Gasteiger partial charge on any atom is 0.293 e. The van der Waals surface area contributed by atoms with Crippen LogP contribution < -0.4 is 10.6 Å². The van der Waals surface area contributed by atoms with Crippen molar-refractivity contribution >= 4 is 64.0 Å². The summed E-state index contributed by atoms with van der Waals surface area (Å²) in [5.41, 5.74) is 1.82. The molecule has 1 saturated heterocycles. The van der Waals surface area contributed by atoms with E-state index in [0.717, 1.165) is 22.2 Å². The molecular weight excluding hydrogens is 473 g/mol. The molecule has 0 radical (unpaired) electrons. The molecule has 2 aromatic rings. The summed E-state index contributed by atoms with van der Waals surface area (Å²) in [6.07, 6.45) is 1.51. The van der Waals surface area contributed by atoms with Gasteiger partial charge in [0.1, 0.15) is 0 Å². The molecule has 1 aliphatic rings. The summed E-state index contributed by atoms with van der Waals surface area (Å²) in [6, 6.07) is 12.0. The highest BCUT2D eigenvalue weighted by molar-refractivity contribution is 8.18. The monoisotopic (exact) mass is 491 g/mol. The fourth-order valence-electron chi connectivity index (χ4n) is 2.92. The first-order valence-electron chi connectivity index (χ1n) is 9.58. The maximum absolute atomic E-state index is 12.6. The molecular formula is C22H19Cl2N3O4S. The Morgan fingerprint density at radius 3 is 2.56 bits per heavy atom. The Balaban J connectivity index is 1.50. The number of hydrogen-bond acceptors (Lipinski definition) is 5. The molecule has 0 spiro atoms. The van der Waals surface area contributed by atoms with E-state index in [0.29, 0.717) is 21.2 Å². The number of halogens is 2. The standard InChI is InChI=1S/C22H19Cl2N3O4S/c1-13-5-2-3-7-15(13)20(29)26-12-18(28)25-9-10-27-21(30)17(32-22(27)31)11-14-6-4-8-16(23)19(14)24/h2-8,11H,9-10,12H2,1H3,(H,25,28)(H,26,29). The second-order valence-corrected chi connectivity index (χ2v) is 8.60. The van der Waals surface area contributed by atoms with E-state index in [1.165, 1.54) is 6.08 Å². The zero-order valence-corrected chi connectivity index (χ0v) is 19.3. The van der Waals surface area contributed by atoms with Crippen molar-refractivity contribution < 1.29 is 19.2 Å². The van der Waals surface area contributed by atoms with E-state index in [1.54, 1.807) is 43.3 Å². The van der Waals surface area contributed by atoms with Crippen LogP contribution in [0.3, 0.4) is 0 Å². The van der Waals surface area contributed by atoms with Crippen LogP contribution in [0.25, 0.3) is 6.08 Å². The van der Waals surface area contributed by atoms with Crippen LogP contribution in [0, 0.1) is 6.92 Å². The van der Waals surface area contributed by atoms with Crippen molar-refractivity contribution in [1.29, 1.82) is 0 Å². The van der Waals surface area contributed by atoms with Crippen molar-refractivity contribution in [3.05, 3.63) is 74.1 Å². The van der Waals surface area contributed by atoms with Crippen LogP contribution in [-0.2, 0) is 9.59 Å². The van der Waals surface area contributed by atoms with Gasteiger partial charge in [-0.2, -0.15) is 0 Å². The van der Waals surface area contributed by atoms with Crippen LogP contribution in [0.1, 0.15) is 21.5 Å². The molecule has 0 aliphatic carbocycles. The Kier molecular flexibility index (Phi) is 7.95. The SMILES string of the molecule is Cc1ccccc1C(=O)NCC(=O)NCCN1C(=O)SC(=Cc2cccc(Cl)c2Cl)C1=O. The lowest BCUT2D eigenvalue weighted by molar-refractivity contribution is -0.124. The van der Waals surface area contributed by atoms with Gasteiger partial charge in [-0.05, 0) is 48.0 Å². The van der Waals surface area contributed by atoms with Gasteiger partial charge in [-0.15, -0.1) is 0 Å². The third kappa shape index (κ3) is 5.70. The summed E-state index contributed by atoms with van der Waals surface area (Å²) in [7, 11) is 0. The minimum atomic E-state index is -0.474. The molecule has 2 aromatic carbocycles. The molecule has 2 N–H and O–H groups in total. The zero-order valence-electron chi connectivity index (χ0n) is 17.0. The summed E-state index contributed by atoms with van der Waals surface area (Å²) in [4.78, 5) is 50.2. The van der Waals surface area contributed by atoms with Gasteiger partial charge >= 0.3 is 0 Å². The molecule has 1 fully saturated rings. The maximum atomic E-state index is 12.6. The molecule has 3 rings (SSSR count). The molecule has 0 unspecified atom stereocenters. The Morgan fingerprint density at radius 1 is 1.06 bits per heavy atom. The molecule has 10 heteroatoms. The number of imide groups is 1. The van der Waals surface area contributed by atoms with Crippen LogP contribution in [0.15, 0.2) is 47.4 Å². The second kappa shape index (κ2) is 10.7. The van der Waals surface area contributed by atoms with Gasteiger partial charge in [-0.1, -0.05) is 53.5 Å².